The van der Waals surface area contributed by atoms with Crippen molar-refractivity contribution in [3.8, 4) is 0 Å². The van der Waals surface area contributed by atoms with E-state index >= 15 is 0 Å². The van der Waals surface area contributed by atoms with Crippen molar-refractivity contribution in [3.63, 3.8) is 0 Å². The van der Waals surface area contributed by atoms with Crippen molar-refractivity contribution < 1.29 is 9.90 Å². The zero-order chi connectivity index (χ0) is 11.7. The van der Waals surface area contributed by atoms with Crippen LogP contribution in [0.2, 0.25) is 0 Å². The number of halogens is 1. The SMILES string of the molecule is CN(CC(Cl)C(=O)O)CC1CC2CCC1C2. The monoisotopic (exact) mass is 245 g/mol. The molecule has 16 heavy (non-hydrogen) atoms. The summed E-state index contributed by atoms with van der Waals surface area (Å²) in [4.78, 5) is 12.7. The molecule has 0 aromatic carbocycles. The number of fused-ring (bicyclic) bond motifs is 2. The third-order valence-corrected chi connectivity index (χ3v) is 4.50. The highest BCUT2D eigenvalue weighted by atomic mass is 35.5. The number of hydrogen-bond acceptors (Lipinski definition) is 2. The Morgan fingerprint density at radius 3 is 2.75 bits per heavy atom. The number of alkyl halides is 1. The van der Waals surface area contributed by atoms with E-state index in [1.807, 2.05) is 7.05 Å². The summed E-state index contributed by atoms with van der Waals surface area (Å²) in [5.41, 5.74) is 0. The predicted octanol–water partition coefficient (Wildman–Crippen LogP) is 2.05. The van der Waals surface area contributed by atoms with Crippen LogP contribution >= 0.6 is 11.6 Å². The summed E-state index contributed by atoms with van der Waals surface area (Å²) in [7, 11) is 1.98. The topological polar surface area (TPSA) is 40.5 Å². The molecule has 0 aromatic rings. The van der Waals surface area contributed by atoms with E-state index in [1.54, 1.807) is 0 Å². The van der Waals surface area contributed by atoms with Gasteiger partial charge in [0, 0.05) is 13.1 Å². The van der Waals surface area contributed by atoms with Crippen LogP contribution in [0.4, 0.5) is 0 Å². The van der Waals surface area contributed by atoms with E-state index in [0.717, 1.165) is 24.3 Å². The number of rotatable bonds is 5. The van der Waals surface area contributed by atoms with Crippen LogP contribution < -0.4 is 0 Å². The number of hydrogen-bond donors (Lipinski definition) is 1. The van der Waals surface area contributed by atoms with Gasteiger partial charge >= 0.3 is 5.97 Å². The maximum absolute atomic E-state index is 10.6. The molecule has 2 rings (SSSR count). The van der Waals surface area contributed by atoms with Gasteiger partial charge in [-0.2, -0.15) is 0 Å². The molecule has 0 aliphatic heterocycles. The fourth-order valence-electron chi connectivity index (χ4n) is 3.43. The Labute approximate surface area is 102 Å². The molecule has 0 aromatic heterocycles. The molecule has 0 heterocycles. The van der Waals surface area contributed by atoms with Gasteiger partial charge in [-0.05, 0) is 44.1 Å². The van der Waals surface area contributed by atoms with Crippen molar-refractivity contribution >= 4 is 17.6 Å². The van der Waals surface area contributed by atoms with Crippen LogP contribution in [0, 0.1) is 17.8 Å². The summed E-state index contributed by atoms with van der Waals surface area (Å²) < 4.78 is 0. The zero-order valence-corrected chi connectivity index (χ0v) is 10.5. The Morgan fingerprint density at radius 1 is 1.50 bits per heavy atom. The van der Waals surface area contributed by atoms with Gasteiger partial charge in [0.1, 0.15) is 5.38 Å². The Hall–Kier alpha value is -0.280. The highest BCUT2D eigenvalue weighted by Gasteiger charge is 2.39. The molecule has 4 atom stereocenters. The van der Waals surface area contributed by atoms with Gasteiger partial charge in [-0.25, -0.2) is 0 Å². The van der Waals surface area contributed by atoms with Crippen LogP contribution in [0.5, 0.6) is 0 Å². The van der Waals surface area contributed by atoms with Crippen molar-refractivity contribution in [2.45, 2.75) is 31.1 Å². The van der Waals surface area contributed by atoms with E-state index in [0.29, 0.717) is 6.54 Å². The van der Waals surface area contributed by atoms with Crippen LogP contribution in [0.25, 0.3) is 0 Å². The first-order valence-electron chi connectivity index (χ1n) is 6.11. The molecule has 2 aliphatic rings. The summed E-state index contributed by atoms with van der Waals surface area (Å²) in [6.45, 7) is 1.46. The van der Waals surface area contributed by atoms with E-state index in [1.165, 1.54) is 25.7 Å². The highest BCUT2D eigenvalue weighted by Crippen LogP contribution is 2.48. The lowest BCUT2D eigenvalue weighted by atomic mass is 9.88. The quantitative estimate of drug-likeness (QED) is 0.754. The molecule has 0 amide bonds. The zero-order valence-electron chi connectivity index (χ0n) is 9.73. The number of aliphatic carboxylic acids is 1. The lowest BCUT2D eigenvalue weighted by Gasteiger charge is -2.27. The maximum atomic E-state index is 10.6. The van der Waals surface area contributed by atoms with Crippen molar-refractivity contribution in [1.29, 1.82) is 0 Å². The van der Waals surface area contributed by atoms with Crippen molar-refractivity contribution in [2.75, 3.05) is 20.1 Å². The van der Waals surface area contributed by atoms with E-state index < -0.39 is 11.3 Å². The fourth-order valence-corrected chi connectivity index (χ4v) is 3.66. The van der Waals surface area contributed by atoms with Crippen LogP contribution in [0.15, 0.2) is 0 Å². The second-order valence-corrected chi connectivity index (χ2v) is 5.99. The lowest BCUT2D eigenvalue weighted by molar-refractivity contribution is -0.136. The average Bonchev–Trinajstić information content (AvgIpc) is 2.78. The molecule has 2 saturated carbocycles. The number of carboxylic acids is 1. The number of carbonyl (C=O) groups is 1. The third kappa shape index (κ3) is 2.69. The maximum Gasteiger partial charge on any atom is 0.322 e. The Morgan fingerprint density at radius 2 is 2.25 bits per heavy atom. The smallest absolute Gasteiger partial charge is 0.322 e. The van der Waals surface area contributed by atoms with Gasteiger partial charge in [-0.1, -0.05) is 6.42 Å². The summed E-state index contributed by atoms with van der Waals surface area (Å²) in [5, 5.41) is 7.96. The Balaban J connectivity index is 1.75. The van der Waals surface area contributed by atoms with Crippen molar-refractivity contribution in [2.24, 2.45) is 17.8 Å². The molecule has 3 nitrogen and oxygen atoms in total. The molecule has 0 spiro atoms. The minimum Gasteiger partial charge on any atom is -0.480 e. The number of nitrogens with zero attached hydrogens (tertiary/aromatic N) is 1. The van der Waals surface area contributed by atoms with Gasteiger partial charge in [0.2, 0.25) is 0 Å². The molecule has 4 unspecified atom stereocenters. The molecular formula is C12H20ClNO2. The second kappa shape index (κ2) is 4.92. The van der Waals surface area contributed by atoms with E-state index in [4.69, 9.17) is 16.7 Å². The third-order valence-electron chi connectivity index (χ3n) is 4.17. The van der Waals surface area contributed by atoms with Crippen molar-refractivity contribution in [1.82, 2.24) is 4.90 Å². The molecular weight excluding hydrogens is 226 g/mol. The molecule has 2 fully saturated rings. The molecule has 1 N–H and O–H groups in total. The first kappa shape index (κ1) is 12.2. The van der Waals surface area contributed by atoms with Crippen LogP contribution in [0.1, 0.15) is 25.7 Å². The van der Waals surface area contributed by atoms with Gasteiger partial charge in [0.05, 0.1) is 0 Å². The molecule has 2 bridgehead atoms. The van der Waals surface area contributed by atoms with Gasteiger partial charge in [0.15, 0.2) is 0 Å². The lowest BCUT2D eigenvalue weighted by Crippen LogP contribution is -2.35. The van der Waals surface area contributed by atoms with Gasteiger partial charge in [-0.3, -0.25) is 4.79 Å². The minimum absolute atomic E-state index is 0.449. The van der Waals surface area contributed by atoms with Gasteiger partial charge in [0.25, 0.3) is 0 Å². The van der Waals surface area contributed by atoms with E-state index in [2.05, 4.69) is 4.90 Å². The average molecular weight is 246 g/mol. The highest BCUT2D eigenvalue weighted by molar-refractivity contribution is 6.29. The van der Waals surface area contributed by atoms with Crippen LogP contribution in [-0.4, -0.2) is 41.5 Å². The van der Waals surface area contributed by atoms with Crippen molar-refractivity contribution in [3.05, 3.63) is 0 Å². The van der Waals surface area contributed by atoms with Gasteiger partial charge in [-0.15, -0.1) is 11.6 Å². The summed E-state index contributed by atoms with van der Waals surface area (Å²) in [5.74, 6) is 1.71. The largest absolute Gasteiger partial charge is 0.480 e. The Bertz CT molecular complexity index is 272. The molecule has 0 radical (unpaired) electrons. The molecule has 2 aliphatic carbocycles. The van der Waals surface area contributed by atoms with E-state index in [-0.39, 0.29) is 0 Å². The summed E-state index contributed by atoms with van der Waals surface area (Å²) in [6.07, 6.45) is 5.54. The fraction of sp³-hybridized carbons (Fsp3) is 0.917. The number of carboxylic acid groups (broad SMARTS) is 1. The second-order valence-electron chi connectivity index (χ2n) is 5.46. The first-order valence-corrected chi connectivity index (χ1v) is 6.55. The first-order chi connectivity index (χ1) is 7.56. The minimum atomic E-state index is -0.915. The molecule has 0 saturated heterocycles. The van der Waals surface area contributed by atoms with Gasteiger partial charge < -0.3 is 10.0 Å². The standard InChI is InChI=1S/C12H20ClNO2/c1-14(7-11(13)12(15)16)6-10-5-8-2-3-9(10)4-8/h8-11H,2-7H2,1H3,(H,15,16). The Kier molecular flexibility index (Phi) is 3.75. The van der Waals surface area contributed by atoms with E-state index in [9.17, 15) is 4.79 Å². The van der Waals surface area contributed by atoms with Crippen LogP contribution in [0.3, 0.4) is 0 Å². The molecule has 4 heteroatoms. The predicted molar refractivity (Wildman–Crippen MR) is 63.7 cm³/mol. The summed E-state index contributed by atoms with van der Waals surface area (Å²) >= 11 is 5.73. The molecule has 92 valence electrons. The normalized spacial score (nSPS) is 34.6. The van der Waals surface area contributed by atoms with Crippen LogP contribution in [-0.2, 0) is 4.79 Å². The summed E-state index contributed by atoms with van der Waals surface area (Å²) in [6, 6.07) is 0.